The Kier molecular flexibility index (Phi) is 5.64. The van der Waals surface area contributed by atoms with Crippen LogP contribution >= 0.6 is 0 Å². The predicted molar refractivity (Wildman–Crippen MR) is 128 cm³/mol. The Morgan fingerprint density at radius 3 is 2.44 bits per heavy atom. The summed E-state index contributed by atoms with van der Waals surface area (Å²) < 4.78 is 22.7. The third kappa shape index (κ3) is 4.06. The van der Waals surface area contributed by atoms with Gasteiger partial charge in [0.25, 0.3) is 0 Å². The Labute approximate surface area is 195 Å². The third-order valence-electron chi connectivity index (χ3n) is 5.89. The van der Waals surface area contributed by atoms with E-state index in [1.807, 2.05) is 74.5 Å². The number of aryl methyl sites for hydroxylation is 2. The molecule has 34 heavy (non-hydrogen) atoms. The molecule has 6 nitrogen and oxygen atoms in total. The maximum atomic E-state index is 13.1. The van der Waals surface area contributed by atoms with Crippen LogP contribution < -0.4 is 10.4 Å². The lowest BCUT2D eigenvalue weighted by molar-refractivity contribution is 0.0436. The number of benzene rings is 3. The number of hydrogen-bond donors (Lipinski definition) is 0. The maximum absolute atomic E-state index is 13.1. The van der Waals surface area contributed by atoms with Gasteiger partial charge in [-0.2, -0.15) is 0 Å². The third-order valence-corrected chi connectivity index (χ3v) is 5.89. The van der Waals surface area contributed by atoms with Crippen LogP contribution in [0.15, 0.2) is 86.4 Å². The number of carbonyl (C=O) groups is 1. The number of hydrogen-bond acceptors (Lipinski definition) is 6. The van der Waals surface area contributed by atoms with Crippen molar-refractivity contribution in [2.45, 2.75) is 27.1 Å². The first kappa shape index (κ1) is 21.5. The normalized spacial score (nSPS) is 11.1. The van der Waals surface area contributed by atoms with Gasteiger partial charge in [-0.3, -0.25) is 0 Å². The van der Waals surface area contributed by atoms with E-state index in [0.29, 0.717) is 28.0 Å². The summed E-state index contributed by atoms with van der Waals surface area (Å²) in [5.74, 6) is 0.129. The zero-order chi connectivity index (χ0) is 23.7. The van der Waals surface area contributed by atoms with E-state index in [1.165, 1.54) is 6.07 Å². The lowest BCUT2D eigenvalue weighted by atomic mass is 10.0. The molecule has 5 rings (SSSR count). The van der Waals surface area contributed by atoms with Gasteiger partial charge >= 0.3 is 11.6 Å². The molecule has 6 heteroatoms. The molecule has 0 fully saturated rings. The summed E-state index contributed by atoms with van der Waals surface area (Å²) in [5.41, 5.74) is 3.63. The van der Waals surface area contributed by atoms with Gasteiger partial charge < -0.3 is 18.3 Å². The van der Waals surface area contributed by atoms with E-state index >= 15 is 0 Å². The van der Waals surface area contributed by atoms with E-state index < -0.39 is 11.6 Å². The summed E-state index contributed by atoms with van der Waals surface area (Å²) in [6.45, 7) is 3.88. The second kappa shape index (κ2) is 8.90. The van der Waals surface area contributed by atoms with Crippen LogP contribution in [0, 0.1) is 13.8 Å². The summed E-state index contributed by atoms with van der Waals surface area (Å²) in [6, 6.07) is 21.9. The van der Waals surface area contributed by atoms with Crippen LogP contribution in [0.5, 0.6) is 5.75 Å². The first-order chi connectivity index (χ1) is 16.5. The van der Waals surface area contributed by atoms with Gasteiger partial charge in [-0.25, -0.2) is 9.59 Å². The summed E-state index contributed by atoms with van der Waals surface area (Å²) >= 11 is 0. The number of esters is 1. The predicted octanol–water partition coefficient (Wildman–Crippen LogP) is 6.09. The molecule has 0 spiro atoms. The number of ether oxygens (including phenoxy) is 2. The minimum atomic E-state index is -0.631. The largest absolute Gasteiger partial charge is 0.489 e. The summed E-state index contributed by atoms with van der Waals surface area (Å²) in [5, 5.41) is 1.51. The van der Waals surface area contributed by atoms with Gasteiger partial charge in [-0.05, 0) is 43.2 Å². The molecule has 0 aliphatic carbocycles. The second-order valence-electron chi connectivity index (χ2n) is 8.06. The fourth-order valence-electron chi connectivity index (χ4n) is 3.93. The van der Waals surface area contributed by atoms with E-state index in [-0.39, 0.29) is 19.0 Å². The van der Waals surface area contributed by atoms with E-state index in [2.05, 4.69) is 0 Å². The van der Waals surface area contributed by atoms with Crippen LogP contribution in [-0.2, 0) is 18.0 Å². The van der Waals surface area contributed by atoms with Crippen LogP contribution in [-0.4, -0.2) is 5.97 Å². The van der Waals surface area contributed by atoms with Gasteiger partial charge in [0, 0.05) is 22.4 Å². The van der Waals surface area contributed by atoms with Gasteiger partial charge in [0.15, 0.2) is 0 Å². The molecule has 0 saturated heterocycles. The van der Waals surface area contributed by atoms with Crippen LogP contribution in [0.1, 0.15) is 32.8 Å². The molecule has 0 amide bonds. The Morgan fingerprint density at radius 1 is 0.853 bits per heavy atom. The van der Waals surface area contributed by atoms with Crippen LogP contribution in [0.2, 0.25) is 0 Å². The van der Waals surface area contributed by atoms with E-state index in [0.717, 1.165) is 21.9 Å². The first-order valence-electron chi connectivity index (χ1n) is 10.9. The Balaban J connectivity index is 1.44. The maximum Gasteiger partial charge on any atom is 0.375 e. The molecule has 5 aromatic rings. The van der Waals surface area contributed by atoms with Crippen molar-refractivity contribution in [1.82, 2.24) is 0 Å². The molecule has 0 N–H and O–H groups in total. The van der Waals surface area contributed by atoms with Crippen molar-refractivity contribution in [3.05, 3.63) is 111 Å². The molecule has 0 atom stereocenters. The molecule has 0 saturated carbocycles. The zero-order valence-corrected chi connectivity index (χ0v) is 18.8. The van der Waals surface area contributed by atoms with E-state index in [9.17, 15) is 9.59 Å². The van der Waals surface area contributed by atoms with Gasteiger partial charge in [0.1, 0.15) is 30.1 Å². The monoisotopic (exact) mass is 454 g/mol. The van der Waals surface area contributed by atoms with Crippen molar-refractivity contribution in [2.75, 3.05) is 0 Å². The molecular formula is C28H22O6. The molecular weight excluding hydrogens is 432 g/mol. The van der Waals surface area contributed by atoms with Gasteiger partial charge in [-0.15, -0.1) is 0 Å². The van der Waals surface area contributed by atoms with Crippen LogP contribution in [0.3, 0.4) is 0 Å². The number of fused-ring (bicyclic) bond motifs is 2. The molecule has 2 aromatic heterocycles. The number of rotatable bonds is 6. The SMILES string of the molecule is Cc1ccc2c(COC(=O)c3oc4ccccc4c3COc3ccccc3)cc(=O)oc2c1C. The standard InChI is InChI=1S/C28H22O6/c1-17-12-13-21-19(14-25(29)34-26(21)18(17)2)15-32-28(30)27-23(16-31-20-8-4-3-5-9-20)22-10-6-7-11-24(22)33-27/h3-14H,15-16H2,1-2H3. The van der Waals surface area contributed by atoms with Gasteiger partial charge in [-0.1, -0.05) is 48.5 Å². The lowest BCUT2D eigenvalue weighted by Gasteiger charge is -2.10. The van der Waals surface area contributed by atoms with E-state index in [1.54, 1.807) is 6.07 Å². The van der Waals surface area contributed by atoms with Gasteiger partial charge in [0.2, 0.25) is 5.76 Å². The molecule has 0 unspecified atom stereocenters. The van der Waals surface area contributed by atoms with Crippen molar-refractivity contribution < 1.29 is 23.1 Å². The number of furan rings is 1. The molecule has 170 valence electrons. The molecule has 0 radical (unpaired) electrons. The smallest absolute Gasteiger partial charge is 0.375 e. The highest BCUT2D eigenvalue weighted by molar-refractivity contribution is 5.96. The highest BCUT2D eigenvalue weighted by atomic mass is 16.5. The van der Waals surface area contributed by atoms with Crippen molar-refractivity contribution in [3.63, 3.8) is 0 Å². The zero-order valence-electron chi connectivity index (χ0n) is 18.8. The van der Waals surface area contributed by atoms with Gasteiger partial charge in [0.05, 0.1) is 5.56 Å². The second-order valence-corrected chi connectivity index (χ2v) is 8.06. The molecule has 0 aliphatic rings. The number of carbonyl (C=O) groups excluding carboxylic acids is 1. The fourth-order valence-corrected chi connectivity index (χ4v) is 3.93. The Hall–Kier alpha value is -4.32. The van der Waals surface area contributed by atoms with Crippen LogP contribution in [0.4, 0.5) is 0 Å². The first-order valence-corrected chi connectivity index (χ1v) is 10.9. The summed E-state index contributed by atoms with van der Waals surface area (Å²) in [7, 11) is 0. The molecule has 3 aromatic carbocycles. The Morgan fingerprint density at radius 2 is 1.62 bits per heavy atom. The van der Waals surface area contributed by atoms with Crippen molar-refractivity contribution >= 4 is 27.9 Å². The minimum Gasteiger partial charge on any atom is -0.489 e. The Bertz CT molecular complexity index is 1560. The van der Waals surface area contributed by atoms with Crippen molar-refractivity contribution in [1.29, 1.82) is 0 Å². The average molecular weight is 454 g/mol. The summed E-state index contributed by atoms with van der Waals surface area (Å²) in [6.07, 6.45) is 0. The fraction of sp³-hybridized carbons (Fsp3) is 0.143. The van der Waals surface area contributed by atoms with Crippen molar-refractivity contribution in [2.24, 2.45) is 0 Å². The average Bonchev–Trinajstić information content (AvgIpc) is 3.23. The van der Waals surface area contributed by atoms with Crippen molar-refractivity contribution in [3.8, 4) is 5.75 Å². The molecule has 0 aliphatic heterocycles. The lowest BCUT2D eigenvalue weighted by Crippen LogP contribution is -2.10. The summed E-state index contributed by atoms with van der Waals surface area (Å²) in [4.78, 5) is 25.2. The van der Waals surface area contributed by atoms with Crippen LogP contribution in [0.25, 0.3) is 21.9 Å². The topological polar surface area (TPSA) is 78.9 Å². The molecule has 0 bridgehead atoms. The molecule has 2 heterocycles. The minimum absolute atomic E-state index is 0.0800. The highest BCUT2D eigenvalue weighted by Gasteiger charge is 2.23. The highest BCUT2D eigenvalue weighted by Crippen LogP contribution is 2.29. The quantitative estimate of drug-likeness (QED) is 0.228. The number of para-hydroxylation sites is 2. The van der Waals surface area contributed by atoms with E-state index in [4.69, 9.17) is 18.3 Å².